The minimum Gasteiger partial charge on any atom is -0.486 e. The predicted octanol–water partition coefficient (Wildman–Crippen LogP) is 4.45. The number of rotatable bonds is 4. The Morgan fingerprint density at radius 3 is 2.57 bits per heavy atom. The molecule has 0 unspecified atom stereocenters. The van der Waals surface area contributed by atoms with E-state index in [1.54, 1.807) is 24.3 Å². The van der Waals surface area contributed by atoms with E-state index in [0.717, 1.165) is 5.56 Å². The van der Waals surface area contributed by atoms with Gasteiger partial charge in [-0.3, -0.25) is 0 Å². The molecule has 0 amide bonds. The molecule has 0 fully saturated rings. The highest BCUT2D eigenvalue weighted by Gasteiger charge is 2.14. The lowest BCUT2D eigenvalue weighted by molar-refractivity contribution is 0.304. The van der Waals surface area contributed by atoms with Crippen molar-refractivity contribution in [3.63, 3.8) is 0 Å². The molecule has 118 valence electrons. The summed E-state index contributed by atoms with van der Waals surface area (Å²) in [6.45, 7) is 0.255. The first-order valence-electron chi connectivity index (χ1n) is 6.48. The summed E-state index contributed by atoms with van der Waals surface area (Å²) in [5.41, 5.74) is 6.84. The van der Waals surface area contributed by atoms with Gasteiger partial charge < -0.3 is 14.9 Å². The fourth-order valence-corrected chi connectivity index (χ4v) is 2.87. The van der Waals surface area contributed by atoms with Gasteiger partial charge in [-0.1, -0.05) is 28.8 Å². The first-order valence-corrected chi connectivity index (χ1v) is 7.65. The number of anilines is 1. The van der Waals surface area contributed by atoms with E-state index in [2.05, 4.69) is 26.1 Å². The smallest absolute Gasteiger partial charge is 0.313 e. The van der Waals surface area contributed by atoms with E-state index in [1.165, 1.54) is 12.1 Å². The minimum absolute atomic E-state index is 0.0242. The van der Waals surface area contributed by atoms with E-state index in [9.17, 15) is 4.39 Å². The molecule has 1 aromatic heterocycles. The van der Waals surface area contributed by atoms with Crippen molar-refractivity contribution in [2.24, 2.45) is 0 Å². The molecule has 8 heteroatoms. The molecule has 0 aliphatic rings. The zero-order valence-corrected chi connectivity index (χ0v) is 13.9. The molecule has 0 atom stereocenters. The molecule has 0 spiro atoms. The summed E-state index contributed by atoms with van der Waals surface area (Å²) in [5.74, 6) is 0.429. The van der Waals surface area contributed by atoms with Crippen molar-refractivity contribution >= 4 is 33.5 Å². The molecule has 0 aliphatic carbocycles. The molecular weight excluding hydrogens is 389 g/mol. The quantitative estimate of drug-likeness (QED) is 0.702. The highest BCUT2D eigenvalue weighted by molar-refractivity contribution is 9.10. The molecule has 0 radical (unpaired) electrons. The number of benzene rings is 2. The van der Waals surface area contributed by atoms with Gasteiger partial charge in [0.1, 0.15) is 12.4 Å². The van der Waals surface area contributed by atoms with Gasteiger partial charge in [-0.2, -0.15) is 0 Å². The molecule has 0 bridgehead atoms. The van der Waals surface area contributed by atoms with Crippen LogP contribution >= 0.6 is 27.5 Å². The summed E-state index contributed by atoms with van der Waals surface area (Å²) in [4.78, 5) is 0. The second-order valence-electron chi connectivity index (χ2n) is 4.63. The van der Waals surface area contributed by atoms with Crippen LogP contribution in [0.3, 0.4) is 0 Å². The maximum Gasteiger partial charge on any atom is 0.313 e. The second-order valence-corrected chi connectivity index (χ2v) is 5.89. The number of ether oxygens (including phenoxy) is 1. The van der Waals surface area contributed by atoms with Gasteiger partial charge in [0, 0.05) is 5.56 Å². The van der Waals surface area contributed by atoms with E-state index >= 15 is 0 Å². The summed E-state index contributed by atoms with van der Waals surface area (Å²) in [6, 6.07) is 9.39. The average molecular weight is 399 g/mol. The molecule has 1 heterocycles. The number of nitrogens with zero attached hydrogens (tertiary/aromatic N) is 2. The summed E-state index contributed by atoms with van der Waals surface area (Å²) in [5, 5.41) is 7.77. The molecule has 5 nitrogen and oxygen atoms in total. The van der Waals surface area contributed by atoms with Crippen LogP contribution in [0.15, 0.2) is 45.3 Å². The number of hydrogen-bond acceptors (Lipinski definition) is 5. The Bertz CT molecular complexity index is 816. The first-order chi connectivity index (χ1) is 11.0. The van der Waals surface area contributed by atoms with Gasteiger partial charge in [0.25, 0.3) is 0 Å². The summed E-state index contributed by atoms with van der Waals surface area (Å²) < 4.78 is 24.4. The Kier molecular flexibility index (Phi) is 4.49. The summed E-state index contributed by atoms with van der Waals surface area (Å²) in [7, 11) is 0. The van der Waals surface area contributed by atoms with Crippen LogP contribution in [0.25, 0.3) is 11.5 Å². The molecule has 0 aliphatic heterocycles. The molecule has 3 aromatic rings. The van der Waals surface area contributed by atoms with Gasteiger partial charge in [0.2, 0.25) is 5.89 Å². The Hall–Kier alpha value is -2.12. The maximum atomic E-state index is 12.9. The topological polar surface area (TPSA) is 74.2 Å². The Morgan fingerprint density at radius 1 is 1.22 bits per heavy atom. The van der Waals surface area contributed by atoms with Crippen molar-refractivity contribution in [2.45, 2.75) is 6.61 Å². The van der Waals surface area contributed by atoms with Crippen molar-refractivity contribution in [1.82, 2.24) is 10.2 Å². The second kappa shape index (κ2) is 6.55. The average Bonchev–Trinajstić information content (AvgIpc) is 2.95. The molecule has 0 saturated heterocycles. The number of nitrogens with two attached hydrogens (primary N) is 1. The lowest BCUT2D eigenvalue weighted by atomic mass is 10.2. The fraction of sp³-hybridized carbons (Fsp3) is 0.0667. The van der Waals surface area contributed by atoms with E-state index in [-0.39, 0.29) is 24.3 Å². The van der Waals surface area contributed by atoms with Crippen molar-refractivity contribution in [1.29, 1.82) is 0 Å². The Morgan fingerprint density at radius 2 is 1.96 bits per heavy atom. The minimum atomic E-state index is -0.295. The number of hydrogen-bond donors (Lipinski definition) is 1. The van der Waals surface area contributed by atoms with Gasteiger partial charge in [-0.15, -0.1) is 5.10 Å². The van der Waals surface area contributed by atoms with Crippen molar-refractivity contribution < 1.29 is 13.5 Å². The van der Waals surface area contributed by atoms with Gasteiger partial charge in [0.05, 0.1) is 9.50 Å². The van der Waals surface area contributed by atoms with E-state index in [4.69, 9.17) is 26.5 Å². The van der Waals surface area contributed by atoms with Crippen molar-refractivity contribution in [3.8, 4) is 17.2 Å². The number of halogens is 3. The van der Waals surface area contributed by atoms with Crippen molar-refractivity contribution in [2.75, 3.05) is 5.73 Å². The molecule has 23 heavy (non-hydrogen) atoms. The Balaban J connectivity index is 1.81. The van der Waals surface area contributed by atoms with Gasteiger partial charge >= 0.3 is 6.01 Å². The van der Waals surface area contributed by atoms with Crippen LogP contribution in [0.4, 0.5) is 10.4 Å². The molecule has 2 N–H and O–H groups in total. The van der Waals surface area contributed by atoms with E-state index in [0.29, 0.717) is 20.8 Å². The van der Waals surface area contributed by atoms with Crippen LogP contribution in [0.2, 0.25) is 5.02 Å². The molecular formula is C15H10BrClFN3O2. The lowest BCUT2D eigenvalue weighted by Crippen LogP contribution is -1.97. The third-order valence-electron chi connectivity index (χ3n) is 2.98. The monoisotopic (exact) mass is 397 g/mol. The zero-order valence-electron chi connectivity index (χ0n) is 11.6. The van der Waals surface area contributed by atoms with E-state index < -0.39 is 0 Å². The zero-order chi connectivity index (χ0) is 16.4. The predicted molar refractivity (Wildman–Crippen MR) is 87.6 cm³/mol. The van der Waals surface area contributed by atoms with Gasteiger partial charge in [0.15, 0.2) is 5.75 Å². The van der Waals surface area contributed by atoms with Gasteiger partial charge in [-0.25, -0.2) is 4.39 Å². The molecule has 2 aromatic carbocycles. The SMILES string of the molecule is Nc1nnc(-c2cc(Cl)c(OCc3ccc(F)cc3)c(Br)c2)o1. The maximum absolute atomic E-state index is 12.9. The third-order valence-corrected chi connectivity index (χ3v) is 3.85. The van der Waals surface area contributed by atoms with Crippen LogP contribution in [0.1, 0.15) is 5.56 Å². The van der Waals surface area contributed by atoms with Crippen LogP contribution in [-0.2, 0) is 6.61 Å². The number of aromatic nitrogens is 2. The highest BCUT2D eigenvalue weighted by atomic mass is 79.9. The standard InChI is InChI=1S/C15H10BrClFN3O2/c16-11-5-9(14-20-21-15(19)23-14)6-12(17)13(11)22-7-8-1-3-10(18)4-2-8/h1-6H,7H2,(H2,19,21). The first kappa shape index (κ1) is 15.8. The van der Waals surface area contributed by atoms with Crippen LogP contribution in [0, 0.1) is 5.82 Å². The summed E-state index contributed by atoms with van der Waals surface area (Å²) in [6.07, 6.45) is 0. The van der Waals surface area contributed by atoms with E-state index in [1.807, 2.05) is 0 Å². The largest absolute Gasteiger partial charge is 0.486 e. The van der Waals surface area contributed by atoms with Crippen LogP contribution in [0.5, 0.6) is 5.75 Å². The Labute approximate surface area is 144 Å². The van der Waals surface area contributed by atoms with Crippen LogP contribution < -0.4 is 10.5 Å². The summed E-state index contributed by atoms with van der Waals surface area (Å²) >= 11 is 9.64. The fourth-order valence-electron chi connectivity index (χ4n) is 1.91. The highest BCUT2D eigenvalue weighted by Crippen LogP contribution is 2.38. The van der Waals surface area contributed by atoms with Crippen LogP contribution in [-0.4, -0.2) is 10.2 Å². The van der Waals surface area contributed by atoms with Crippen molar-refractivity contribution in [3.05, 3.63) is 57.3 Å². The lowest BCUT2D eigenvalue weighted by Gasteiger charge is -2.11. The normalized spacial score (nSPS) is 10.7. The third kappa shape index (κ3) is 3.62. The molecule has 0 saturated carbocycles. The molecule has 3 rings (SSSR count). The van der Waals surface area contributed by atoms with Gasteiger partial charge in [-0.05, 0) is 45.8 Å². The number of nitrogen functional groups attached to an aromatic ring is 1.